The predicted molar refractivity (Wildman–Crippen MR) is 110 cm³/mol. The molecule has 0 bridgehead atoms. The molecule has 0 fully saturated rings. The normalized spacial score (nSPS) is 16.4. The molecule has 1 unspecified atom stereocenters. The molecule has 2 aromatic heterocycles. The van der Waals surface area contributed by atoms with E-state index in [-0.39, 0.29) is 6.04 Å². The highest BCUT2D eigenvalue weighted by Crippen LogP contribution is 2.33. The molecule has 2 heterocycles. The van der Waals surface area contributed by atoms with Gasteiger partial charge in [-0.1, -0.05) is 24.3 Å². The summed E-state index contributed by atoms with van der Waals surface area (Å²) in [6.07, 6.45) is 5.16. The smallest absolute Gasteiger partial charge is 0.158 e. The van der Waals surface area contributed by atoms with Gasteiger partial charge in [-0.05, 0) is 76.1 Å². The number of nitrogens with one attached hydrogen (secondary N) is 1. The van der Waals surface area contributed by atoms with E-state index in [0.29, 0.717) is 0 Å². The first-order valence-electron chi connectivity index (χ1n) is 9.98. The molecule has 142 valence electrons. The quantitative estimate of drug-likeness (QED) is 0.683. The van der Waals surface area contributed by atoms with E-state index in [9.17, 15) is 0 Å². The number of aryl methyl sites for hydroxylation is 3. The predicted octanol–water partition coefficient (Wildman–Crippen LogP) is 3.18. The molecule has 0 amide bonds. The SMILES string of the molecule is CCn1ncc2cc3c(nc21)C(NCCCN(C)C)c1ccccc1CC3. The van der Waals surface area contributed by atoms with Crippen LogP contribution in [0.1, 0.15) is 41.8 Å². The Balaban J connectivity index is 1.75. The highest BCUT2D eigenvalue weighted by molar-refractivity contribution is 5.76. The van der Waals surface area contributed by atoms with E-state index in [4.69, 9.17) is 4.98 Å². The lowest BCUT2D eigenvalue weighted by atomic mass is 9.98. The lowest BCUT2D eigenvalue weighted by Crippen LogP contribution is -2.27. The van der Waals surface area contributed by atoms with Crippen LogP contribution in [-0.2, 0) is 19.4 Å². The Morgan fingerprint density at radius 1 is 1.19 bits per heavy atom. The first-order chi connectivity index (χ1) is 13.2. The molecular formula is C22H29N5. The van der Waals surface area contributed by atoms with Crippen molar-refractivity contribution < 1.29 is 0 Å². The van der Waals surface area contributed by atoms with Crippen molar-refractivity contribution in [1.29, 1.82) is 0 Å². The monoisotopic (exact) mass is 363 g/mol. The molecule has 0 spiro atoms. The zero-order chi connectivity index (χ0) is 18.8. The zero-order valence-corrected chi connectivity index (χ0v) is 16.6. The summed E-state index contributed by atoms with van der Waals surface area (Å²) >= 11 is 0. The molecule has 1 aliphatic carbocycles. The summed E-state index contributed by atoms with van der Waals surface area (Å²) < 4.78 is 2.00. The molecular weight excluding hydrogens is 334 g/mol. The average Bonchev–Trinajstić information content (AvgIpc) is 3.00. The maximum Gasteiger partial charge on any atom is 0.158 e. The number of aromatic nitrogens is 3. The second-order valence-corrected chi connectivity index (χ2v) is 7.65. The van der Waals surface area contributed by atoms with Crippen molar-refractivity contribution in [2.24, 2.45) is 0 Å². The minimum Gasteiger partial charge on any atom is -0.309 e. The van der Waals surface area contributed by atoms with Crippen molar-refractivity contribution in [3.8, 4) is 0 Å². The molecule has 1 aliphatic rings. The van der Waals surface area contributed by atoms with Crippen LogP contribution >= 0.6 is 0 Å². The summed E-state index contributed by atoms with van der Waals surface area (Å²) in [5.41, 5.74) is 6.32. The van der Waals surface area contributed by atoms with E-state index >= 15 is 0 Å². The van der Waals surface area contributed by atoms with Crippen LogP contribution in [0, 0.1) is 0 Å². The van der Waals surface area contributed by atoms with Crippen molar-refractivity contribution in [3.05, 3.63) is 58.9 Å². The summed E-state index contributed by atoms with van der Waals surface area (Å²) in [6.45, 7) is 5.02. The minimum atomic E-state index is 0.144. The Hall–Kier alpha value is -2.24. The van der Waals surface area contributed by atoms with Gasteiger partial charge in [-0.3, -0.25) is 0 Å². The van der Waals surface area contributed by atoms with Crippen LogP contribution in [0.2, 0.25) is 0 Å². The van der Waals surface area contributed by atoms with Gasteiger partial charge in [0.05, 0.1) is 17.9 Å². The number of pyridine rings is 1. The van der Waals surface area contributed by atoms with Gasteiger partial charge in [0.25, 0.3) is 0 Å². The average molecular weight is 364 g/mol. The van der Waals surface area contributed by atoms with Crippen LogP contribution in [0.4, 0.5) is 0 Å². The third kappa shape index (κ3) is 3.62. The van der Waals surface area contributed by atoms with Crippen molar-refractivity contribution in [2.45, 2.75) is 38.8 Å². The number of hydrogen-bond donors (Lipinski definition) is 1. The van der Waals surface area contributed by atoms with Crippen LogP contribution < -0.4 is 5.32 Å². The minimum absolute atomic E-state index is 0.144. The number of hydrogen-bond acceptors (Lipinski definition) is 4. The van der Waals surface area contributed by atoms with E-state index in [0.717, 1.165) is 49.9 Å². The van der Waals surface area contributed by atoms with E-state index < -0.39 is 0 Å². The van der Waals surface area contributed by atoms with Gasteiger partial charge in [0, 0.05) is 11.9 Å². The van der Waals surface area contributed by atoms with Crippen LogP contribution in [0.15, 0.2) is 36.5 Å². The van der Waals surface area contributed by atoms with Crippen LogP contribution in [0.5, 0.6) is 0 Å². The molecule has 3 aromatic rings. The highest BCUT2D eigenvalue weighted by Gasteiger charge is 2.25. The number of benzene rings is 1. The summed E-state index contributed by atoms with van der Waals surface area (Å²) in [6, 6.07) is 11.3. The molecule has 1 aromatic carbocycles. The molecule has 0 saturated carbocycles. The number of fused-ring (bicyclic) bond motifs is 3. The number of nitrogens with zero attached hydrogens (tertiary/aromatic N) is 4. The lowest BCUT2D eigenvalue weighted by Gasteiger charge is -2.22. The van der Waals surface area contributed by atoms with E-state index in [2.05, 4.69) is 66.7 Å². The summed E-state index contributed by atoms with van der Waals surface area (Å²) in [7, 11) is 4.25. The van der Waals surface area contributed by atoms with Crippen molar-refractivity contribution in [3.63, 3.8) is 0 Å². The van der Waals surface area contributed by atoms with Crippen molar-refractivity contribution in [1.82, 2.24) is 25.0 Å². The van der Waals surface area contributed by atoms with Crippen molar-refractivity contribution >= 4 is 11.0 Å². The first kappa shape index (κ1) is 18.1. The third-order valence-corrected chi connectivity index (χ3v) is 5.46. The fourth-order valence-corrected chi connectivity index (χ4v) is 4.06. The van der Waals surface area contributed by atoms with Gasteiger partial charge in [-0.25, -0.2) is 9.67 Å². The number of rotatable bonds is 6. The lowest BCUT2D eigenvalue weighted by molar-refractivity contribution is 0.390. The third-order valence-electron chi connectivity index (χ3n) is 5.46. The van der Waals surface area contributed by atoms with Gasteiger partial charge in [0.1, 0.15) is 0 Å². The van der Waals surface area contributed by atoms with E-state index in [1.165, 1.54) is 22.4 Å². The van der Waals surface area contributed by atoms with Crippen LogP contribution in [0.3, 0.4) is 0 Å². The standard InChI is InChI=1S/C22H29N5/c1-4-27-22-18(15-24-27)14-17-11-10-16-8-5-6-9-19(16)21(20(17)25-22)23-12-7-13-26(2)3/h5-6,8-9,14-15,21,23H,4,7,10-13H2,1-3H3. The zero-order valence-electron chi connectivity index (χ0n) is 16.6. The molecule has 0 radical (unpaired) electrons. The van der Waals surface area contributed by atoms with Gasteiger partial charge in [0.15, 0.2) is 5.65 Å². The van der Waals surface area contributed by atoms with Crippen LogP contribution in [-0.4, -0.2) is 46.8 Å². The Bertz CT molecular complexity index is 928. The van der Waals surface area contributed by atoms with Crippen LogP contribution in [0.25, 0.3) is 11.0 Å². The fraction of sp³-hybridized carbons (Fsp3) is 0.455. The molecule has 5 heteroatoms. The maximum atomic E-state index is 5.13. The summed E-state index contributed by atoms with van der Waals surface area (Å²) in [5, 5.41) is 9.45. The molecule has 1 atom stereocenters. The topological polar surface area (TPSA) is 46.0 Å². The first-order valence-corrected chi connectivity index (χ1v) is 9.98. The molecule has 1 N–H and O–H groups in total. The second kappa shape index (κ2) is 7.79. The fourth-order valence-electron chi connectivity index (χ4n) is 4.06. The Labute approximate surface area is 161 Å². The van der Waals surface area contributed by atoms with Crippen molar-refractivity contribution in [2.75, 3.05) is 27.2 Å². The Morgan fingerprint density at radius 2 is 2.00 bits per heavy atom. The largest absolute Gasteiger partial charge is 0.309 e. The van der Waals surface area contributed by atoms with Gasteiger partial charge in [0.2, 0.25) is 0 Å². The highest BCUT2D eigenvalue weighted by atomic mass is 15.3. The molecule has 0 saturated heterocycles. The van der Waals surface area contributed by atoms with E-state index in [1.807, 2.05) is 10.9 Å². The maximum absolute atomic E-state index is 5.13. The van der Waals surface area contributed by atoms with Gasteiger partial charge < -0.3 is 10.2 Å². The van der Waals surface area contributed by atoms with Gasteiger partial charge >= 0.3 is 0 Å². The Morgan fingerprint density at radius 3 is 2.81 bits per heavy atom. The van der Waals surface area contributed by atoms with Gasteiger partial charge in [-0.15, -0.1) is 0 Å². The molecule has 27 heavy (non-hydrogen) atoms. The molecule has 4 rings (SSSR count). The summed E-state index contributed by atoms with van der Waals surface area (Å²) in [4.78, 5) is 7.36. The Kier molecular flexibility index (Phi) is 5.23. The molecule has 0 aliphatic heterocycles. The molecule has 5 nitrogen and oxygen atoms in total. The van der Waals surface area contributed by atoms with Gasteiger partial charge in [-0.2, -0.15) is 5.10 Å². The summed E-state index contributed by atoms with van der Waals surface area (Å²) in [5.74, 6) is 0. The van der Waals surface area contributed by atoms with E-state index in [1.54, 1.807) is 0 Å². The second-order valence-electron chi connectivity index (χ2n) is 7.65.